The molecule has 0 saturated heterocycles. The van der Waals surface area contributed by atoms with E-state index in [1.807, 2.05) is 18.2 Å². The second-order valence-corrected chi connectivity index (χ2v) is 8.04. The summed E-state index contributed by atoms with van der Waals surface area (Å²) in [4.78, 5) is 17.8. The van der Waals surface area contributed by atoms with E-state index in [4.69, 9.17) is 4.74 Å². The summed E-state index contributed by atoms with van der Waals surface area (Å²) in [5.41, 5.74) is 0.535. The molecule has 0 aliphatic carbocycles. The van der Waals surface area contributed by atoms with E-state index >= 15 is 0 Å². The van der Waals surface area contributed by atoms with Crippen molar-refractivity contribution in [3.63, 3.8) is 0 Å². The predicted octanol–water partition coefficient (Wildman–Crippen LogP) is 5.76. The molecular formula is C24H19F3N2O2S. The third kappa shape index (κ3) is 4.65. The topological polar surface area (TPSA) is 44.1 Å². The highest BCUT2D eigenvalue weighted by atomic mass is 32.2. The van der Waals surface area contributed by atoms with E-state index in [0.717, 1.165) is 23.4 Å². The lowest BCUT2D eigenvalue weighted by Crippen LogP contribution is -2.24. The van der Waals surface area contributed by atoms with Crippen LogP contribution in [0.3, 0.4) is 0 Å². The van der Waals surface area contributed by atoms with Gasteiger partial charge in [-0.25, -0.2) is 4.98 Å². The molecule has 0 radical (unpaired) electrons. The largest absolute Gasteiger partial charge is 0.497 e. The smallest absolute Gasteiger partial charge is 0.416 e. The summed E-state index contributed by atoms with van der Waals surface area (Å²) in [5.74, 6) is 0.677. The molecular weight excluding hydrogens is 437 g/mol. The van der Waals surface area contributed by atoms with Crippen molar-refractivity contribution in [3.05, 3.63) is 99.8 Å². The molecule has 4 aromatic rings. The number of rotatable bonds is 6. The van der Waals surface area contributed by atoms with Gasteiger partial charge in [0.25, 0.3) is 5.56 Å². The quantitative estimate of drug-likeness (QED) is 0.273. The average Bonchev–Trinajstić information content (AvgIpc) is 2.79. The maximum absolute atomic E-state index is 13.4. The number of thioether (sulfide) groups is 1. The first kappa shape index (κ1) is 22.0. The highest BCUT2D eigenvalue weighted by Crippen LogP contribution is 2.34. The van der Waals surface area contributed by atoms with Gasteiger partial charge < -0.3 is 4.74 Å². The Hall–Kier alpha value is -3.26. The standard InChI is InChI=1S/C24H19F3N2O2S/c1-31-18-9-6-7-16(13-18)14-29-22(30)19-10-3-5-12-21(19)28-23(29)32-15-17-8-2-4-11-20(17)24(25,26)27/h2-13H,14-15H2,1H3. The Morgan fingerprint density at radius 3 is 2.53 bits per heavy atom. The number of para-hydroxylation sites is 1. The Bertz CT molecular complexity index is 1320. The SMILES string of the molecule is COc1cccc(Cn2c(SCc3ccccc3C(F)(F)F)nc3ccccc3c2=O)c1. The predicted molar refractivity (Wildman–Crippen MR) is 119 cm³/mol. The van der Waals surface area contributed by atoms with Gasteiger partial charge in [0, 0.05) is 5.75 Å². The van der Waals surface area contributed by atoms with Gasteiger partial charge >= 0.3 is 6.18 Å². The summed E-state index contributed by atoms with van der Waals surface area (Å²) in [6.45, 7) is 0.219. The molecule has 32 heavy (non-hydrogen) atoms. The Morgan fingerprint density at radius 2 is 1.75 bits per heavy atom. The van der Waals surface area contributed by atoms with Crippen LogP contribution in [0.2, 0.25) is 0 Å². The molecule has 4 nitrogen and oxygen atoms in total. The van der Waals surface area contributed by atoms with E-state index in [9.17, 15) is 18.0 Å². The van der Waals surface area contributed by atoms with E-state index in [0.29, 0.717) is 21.8 Å². The number of alkyl halides is 3. The van der Waals surface area contributed by atoms with Gasteiger partial charge in [-0.15, -0.1) is 0 Å². The second-order valence-electron chi connectivity index (χ2n) is 7.10. The Kier molecular flexibility index (Phi) is 6.23. The lowest BCUT2D eigenvalue weighted by atomic mass is 10.1. The van der Waals surface area contributed by atoms with Crippen LogP contribution in [-0.2, 0) is 18.5 Å². The summed E-state index contributed by atoms with van der Waals surface area (Å²) in [6.07, 6.45) is -4.45. The molecule has 3 aromatic carbocycles. The minimum absolute atomic E-state index is 0.0264. The van der Waals surface area contributed by atoms with Gasteiger partial charge in [0.05, 0.1) is 30.1 Å². The third-order valence-electron chi connectivity index (χ3n) is 4.98. The van der Waals surface area contributed by atoms with E-state index in [-0.39, 0.29) is 23.4 Å². The summed E-state index contributed by atoms with van der Waals surface area (Å²) >= 11 is 1.11. The number of methoxy groups -OCH3 is 1. The molecule has 0 aliphatic heterocycles. The van der Waals surface area contributed by atoms with Gasteiger partial charge in [0.15, 0.2) is 5.16 Å². The first-order chi connectivity index (χ1) is 15.4. The zero-order chi connectivity index (χ0) is 22.7. The number of fused-ring (bicyclic) bond motifs is 1. The normalized spacial score (nSPS) is 11.6. The summed E-state index contributed by atoms with van der Waals surface area (Å²) in [6, 6.07) is 19.7. The van der Waals surface area contributed by atoms with E-state index in [1.165, 1.54) is 16.7 Å². The van der Waals surface area contributed by atoms with Crippen LogP contribution < -0.4 is 10.3 Å². The van der Waals surface area contributed by atoms with Crippen molar-refractivity contribution < 1.29 is 17.9 Å². The zero-order valence-corrected chi connectivity index (χ0v) is 17.9. The molecule has 164 valence electrons. The molecule has 1 heterocycles. The van der Waals surface area contributed by atoms with Crippen LogP contribution in [0.4, 0.5) is 13.2 Å². The number of nitrogens with zero attached hydrogens (tertiary/aromatic N) is 2. The minimum Gasteiger partial charge on any atom is -0.497 e. The monoisotopic (exact) mass is 456 g/mol. The minimum atomic E-state index is -4.45. The molecule has 0 unspecified atom stereocenters. The van der Waals surface area contributed by atoms with Crippen LogP contribution in [-0.4, -0.2) is 16.7 Å². The lowest BCUT2D eigenvalue weighted by Gasteiger charge is -2.15. The molecule has 8 heteroatoms. The van der Waals surface area contributed by atoms with Crippen molar-refractivity contribution in [3.8, 4) is 5.75 Å². The van der Waals surface area contributed by atoms with E-state index < -0.39 is 11.7 Å². The van der Waals surface area contributed by atoms with Crippen molar-refractivity contribution in [1.82, 2.24) is 9.55 Å². The molecule has 0 atom stereocenters. The Balaban J connectivity index is 1.75. The van der Waals surface area contributed by atoms with E-state index in [2.05, 4.69) is 4.98 Å². The van der Waals surface area contributed by atoms with Crippen LogP contribution in [0.15, 0.2) is 82.7 Å². The molecule has 0 N–H and O–H groups in total. The lowest BCUT2D eigenvalue weighted by molar-refractivity contribution is -0.138. The number of ether oxygens (including phenoxy) is 1. The van der Waals surface area contributed by atoms with Crippen LogP contribution in [0.25, 0.3) is 10.9 Å². The van der Waals surface area contributed by atoms with Crippen LogP contribution in [0.5, 0.6) is 5.75 Å². The number of hydrogen-bond donors (Lipinski definition) is 0. The number of halogens is 3. The molecule has 0 spiro atoms. The number of benzene rings is 3. The zero-order valence-electron chi connectivity index (χ0n) is 17.1. The van der Waals surface area contributed by atoms with E-state index in [1.54, 1.807) is 43.5 Å². The number of hydrogen-bond acceptors (Lipinski definition) is 4. The molecule has 4 rings (SSSR count). The van der Waals surface area contributed by atoms with Gasteiger partial charge in [0.1, 0.15) is 5.75 Å². The van der Waals surface area contributed by atoms with Crippen LogP contribution in [0.1, 0.15) is 16.7 Å². The van der Waals surface area contributed by atoms with Crippen molar-refractivity contribution in [1.29, 1.82) is 0 Å². The summed E-state index contributed by atoms with van der Waals surface area (Å²) in [7, 11) is 1.56. The second kappa shape index (κ2) is 9.08. The third-order valence-corrected chi connectivity index (χ3v) is 6.01. The molecule has 0 bridgehead atoms. The molecule has 1 aromatic heterocycles. The highest BCUT2D eigenvalue weighted by Gasteiger charge is 2.32. The van der Waals surface area contributed by atoms with Gasteiger partial charge in [-0.05, 0) is 41.5 Å². The Labute approximate surface area is 186 Å². The highest BCUT2D eigenvalue weighted by molar-refractivity contribution is 7.98. The molecule has 0 aliphatic rings. The van der Waals surface area contributed by atoms with Gasteiger partial charge in [-0.3, -0.25) is 9.36 Å². The van der Waals surface area contributed by atoms with Crippen LogP contribution >= 0.6 is 11.8 Å². The molecule has 0 saturated carbocycles. The number of aromatic nitrogens is 2. The van der Waals surface area contributed by atoms with Crippen molar-refractivity contribution in [2.75, 3.05) is 7.11 Å². The van der Waals surface area contributed by atoms with Gasteiger partial charge in [-0.1, -0.05) is 54.2 Å². The van der Waals surface area contributed by atoms with Gasteiger partial charge in [-0.2, -0.15) is 13.2 Å². The fraction of sp³-hybridized carbons (Fsp3) is 0.167. The Morgan fingerprint density at radius 1 is 1.00 bits per heavy atom. The van der Waals surface area contributed by atoms with Crippen molar-refractivity contribution in [2.24, 2.45) is 0 Å². The van der Waals surface area contributed by atoms with Crippen molar-refractivity contribution >= 4 is 22.7 Å². The van der Waals surface area contributed by atoms with Gasteiger partial charge in [0.2, 0.25) is 0 Å². The fourth-order valence-electron chi connectivity index (χ4n) is 3.42. The first-order valence-electron chi connectivity index (χ1n) is 9.77. The average molecular weight is 456 g/mol. The molecule has 0 fully saturated rings. The maximum atomic E-state index is 13.4. The summed E-state index contributed by atoms with van der Waals surface area (Å²) < 4.78 is 46.9. The first-order valence-corrected chi connectivity index (χ1v) is 10.8. The van der Waals surface area contributed by atoms with Crippen molar-refractivity contribution in [2.45, 2.75) is 23.6 Å². The maximum Gasteiger partial charge on any atom is 0.416 e. The fourth-order valence-corrected chi connectivity index (χ4v) is 4.42. The summed E-state index contributed by atoms with van der Waals surface area (Å²) in [5, 5.41) is 0.809. The van der Waals surface area contributed by atoms with Crippen LogP contribution in [0, 0.1) is 0 Å². The molecule has 0 amide bonds.